The molecule has 1 aliphatic rings. The topological polar surface area (TPSA) is 64.4 Å². The van der Waals surface area contributed by atoms with Gasteiger partial charge in [-0.1, -0.05) is 6.07 Å². The van der Waals surface area contributed by atoms with Gasteiger partial charge in [-0.15, -0.1) is 0 Å². The zero-order valence-electron chi connectivity index (χ0n) is 17.8. The molecule has 160 valence electrons. The van der Waals surface area contributed by atoms with Gasteiger partial charge in [-0.3, -0.25) is 0 Å². The van der Waals surface area contributed by atoms with E-state index < -0.39 is 9.84 Å². The lowest BCUT2D eigenvalue weighted by atomic mass is 10.1. The summed E-state index contributed by atoms with van der Waals surface area (Å²) in [4.78, 5) is 7.42. The van der Waals surface area contributed by atoms with Crippen molar-refractivity contribution in [3.8, 4) is 5.82 Å². The first-order chi connectivity index (χ1) is 14.3. The van der Waals surface area contributed by atoms with Gasteiger partial charge in [-0.25, -0.2) is 13.4 Å². The lowest BCUT2D eigenvalue weighted by molar-refractivity contribution is -0.00811. The Hall–Kier alpha value is -2.22. The average Bonchev–Trinajstić information content (AvgIpc) is 3.15. The molecule has 2 aromatic heterocycles. The van der Waals surface area contributed by atoms with Crippen LogP contribution < -0.4 is 0 Å². The predicted molar refractivity (Wildman–Crippen MR) is 119 cm³/mol. The highest BCUT2D eigenvalue weighted by Gasteiger charge is 2.21. The number of ether oxygens (including phenoxy) is 1. The number of nitrogens with zero attached hydrogens (tertiary/aromatic N) is 3. The molecule has 0 unspecified atom stereocenters. The third kappa shape index (κ3) is 4.58. The maximum Gasteiger partial charge on any atom is 0.175 e. The molecule has 1 fully saturated rings. The van der Waals surface area contributed by atoms with E-state index in [4.69, 9.17) is 4.74 Å². The minimum atomic E-state index is -3.22. The van der Waals surface area contributed by atoms with Crippen LogP contribution in [-0.2, 0) is 21.2 Å². The van der Waals surface area contributed by atoms with Crippen molar-refractivity contribution in [3.63, 3.8) is 0 Å². The maximum absolute atomic E-state index is 11.8. The molecule has 0 bridgehead atoms. The molecule has 0 radical (unpaired) electrons. The molecule has 0 atom stereocenters. The maximum atomic E-state index is 11.8. The average molecular weight is 428 g/mol. The molecule has 3 aromatic rings. The number of piperidine rings is 1. The molecular weight excluding hydrogens is 398 g/mol. The van der Waals surface area contributed by atoms with Crippen LogP contribution >= 0.6 is 0 Å². The summed E-state index contributed by atoms with van der Waals surface area (Å²) in [6.07, 6.45) is 7.47. The summed E-state index contributed by atoms with van der Waals surface area (Å²) >= 11 is 0. The van der Waals surface area contributed by atoms with Crippen molar-refractivity contribution in [1.29, 1.82) is 0 Å². The standard InChI is InChI=1S/C23H29N3O3S/c1-17(2)25-11-9-20(10-12-25)29-16-18-4-7-23(24-15-18)26-13-8-19-14-21(30(3,27)28)5-6-22(19)26/h4-8,13-15,17,20H,9-12,16H2,1-3H3. The molecular formula is C23H29N3O3S. The Bertz CT molecular complexity index is 1110. The second-order valence-corrected chi connectivity index (χ2v) is 10.4. The summed E-state index contributed by atoms with van der Waals surface area (Å²) in [6.45, 7) is 7.26. The van der Waals surface area contributed by atoms with Crippen LogP contribution in [0, 0.1) is 0 Å². The van der Waals surface area contributed by atoms with Crippen molar-refractivity contribution in [3.05, 3.63) is 54.4 Å². The number of fused-ring (bicyclic) bond motifs is 1. The van der Waals surface area contributed by atoms with Gasteiger partial charge in [0.15, 0.2) is 9.84 Å². The summed E-state index contributed by atoms with van der Waals surface area (Å²) in [6, 6.07) is 11.7. The van der Waals surface area contributed by atoms with Crippen LogP contribution in [-0.4, -0.2) is 54.4 Å². The highest BCUT2D eigenvalue weighted by atomic mass is 32.2. The Labute approximate surface area is 178 Å². The first-order valence-corrected chi connectivity index (χ1v) is 12.3. The molecule has 6 nitrogen and oxygen atoms in total. The molecule has 1 aromatic carbocycles. The van der Waals surface area contributed by atoms with E-state index in [9.17, 15) is 8.42 Å². The molecule has 30 heavy (non-hydrogen) atoms. The van der Waals surface area contributed by atoms with Gasteiger partial charge in [-0.2, -0.15) is 0 Å². The molecule has 1 aliphatic heterocycles. The number of rotatable bonds is 6. The fourth-order valence-corrected chi connectivity index (χ4v) is 4.62. The third-order valence-corrected chi connectivity index (χ3v) is 6.95. The van der Waals surface area contributed by atoms with E-state index in [2.05, 4.69) is 23.7 Å². The van der Waals surface area contributed by atoms with Gasteiger partial charge < -0.3 is 14.2 Å². The zero-order valence-corrected chi connectivity index (χ0v) is 18.6. The number of pyridine rings is 1. The minimum Gasteiger partial charge on any atom is -0.373 e. The smallest absolute Gasteiger partial charge is 0.175 e. The van der Waals surface area contributed by atoms with Crippen molar-refractivity contribution in [2.45, 2.75) is 50.3 Å². The van der Waals surface area contributed by atoms with Crippen molar-refractivity contribution in [2.75, 3.05) is 19.3 Å². The Balaban J connectivity index is 1.41. The second-order valence-electron chi connectivity index (χ2n) is 8.34. The van der Waals surface area contributed by atoms with Gasteiger partial charge >= 0.3 is 0 Å². The normalized spacial score (nSPS) is 16.5. The van der Waals surface area contributed by atoms with E-state index in [1.54, 1.807) is 12.1 Å². The summed E-state index contributed by atoms with van der Waals surface area (Å²) in [7, 11) is -3.22. The molecule has 0 N–H and O–H groups in total. The Morgan fingerprint density at radius 2 is 1.90 bits per heavy atom. The third-order valence-electron chi connectivity index (χ3n) is 5.84. The number of likely N-dealkylation sites (tertiary alicyclic amines) is 1. The van der Waals surface area contributed by atoms with Gasteiger partial charge in [-0.05, 0) is 62.6 Å². The minimum absolute atomic E-state index is 0.317. The van der Waals surface area contributed by atoms with Crippen molar-refractivity contribution < 1.29 is 13.2 Å². The van der Waals surface area contributed by atoms with E-state index in [0.29, 0.717) is 23.6 Å². The lowest BCUT2D eigenvalue weighted by Gasteiger charge is -2.34. The number of aromatic nitrogens is 2. The monoisotopic (exact) mass is 427 g/mol. The molecule has 0 spiro atoms. The first kappa shape index (κ1) is 21.0. The predicted octanol–water partition coefficient (Wildman–Crippen LogP) is 3.82. The first-order valence-electron chi connectivity index (χ1n) is 10.4. The molecule has 3 heterocycles. The van der Waals surface area contributed by atoms with Gasteiger partial charge in [0.05, 0.1) is 23.1 Å². The summed E-state index contributed by atoms with van der Waals surface area (Å²) in [5.41, 5.74) is 1.98. The zero-order chi connectivity index (χ0) is 21.3. The van der Waals surface area contributed by atoms with Gasteiger partial charge in [0, 0.05) is 43.2 Å². The van der Waals surface area contributed by atoms with Crippen LogP contribution in [0.15, 0.2) is 53.7 Å². The summed E-state index contributed by atoms with van der Waals surface area (Å²) in [5.74, 6) is 0.797. The fourth-order valence-electron chi connectivity index (χ4n) is 3.97. The summed E-state index contributed by atoms with van der Waals surface area (Å²) < 4.78 is 31.6. The van der Waals surface area contributed by atoms with Gasteiger partial charge in [0.1, 0.15) is 5.82 Å². The van der Waals surface area contributed by atoms with Crippen molar-refractivity contribution in [2.24, 2.45) is 0 Å². The Morgan fingerprint density at radius 1 is 1.13 bits per heavy atom. The van der Waals surface area contributed by atoms with Crippen molar-refractivity contribution in [1.82, 2.24) is 14.5 Å². The van der Waals surface area contributed by atoms with E-state index >= 15 is 0 Å². The van der Waals surface area contributed by atoms with E-state index in [1.807, 2.05) is 41.2 Å². The number of sulfone groups is 1. The van der Waals surface area contributed by atoms with Crippen LogP contribution in [0.25, 0.3) is 16.7 Å². The van der Waals surface area contributed by atoms with E-state index in [-0.39, 0.29) is 0 Å². The molecule has 4 rings (SSSR count). The van der Waals surface area contributed by atoms with E-state index in [1.165, 1.54) is 6.26 Å². The Kier molecular flexibility index (Phi) is 5.95. The van der Waals surface area contributed by atoms with Crippen LogP contribution in [0.1, 0.15) is 32.3 Å². The SMILES string of the molecule is CC(C)N1CCC(OCc2ccc(-n3ccc4cc(S(C)(=O)=O)ccc43)nc2)CC1. The van der Waals surface area contributed by atoms with Crippen molar-refractivity contribution >= 4 is 20.7 Å². The van der Waals surface area contributed by atoms with Crippen LogP contribution in [0.3, 0.4) is 0 Å². The van der Waals surface area contributed by atoms with Crippen LogP contribution in [0.5, 0.6) is 0 Å². The number of hydrogen-bond acceptors (Lipinski definition) is 5. The summed E-state index contributed by atoms with van der Waals surface area (Å²) in [5, 5.41) is 0.875. The molecule has 0 amide bonds. The molecule has 0 saturated carbocycles. The largest absolute Gasteiger partial charge is 0.373 e. The van der Waals surface area contributed by atoms with Crippen LogP contribution in [0.2, 0.25) is 0 Å². The number of hydrogen-bond donors (Lipinski definition) is 0. The molecule has 7 heteroatoms. The van der Waals surface area contributed by atoms with Gasteiger partial charge in [0.25, 0.3) is 0 Å². The highest BCUT2D eigenvalue weighted by molar-refractivity contribution is 7.90. The fraction of sp³-hybridized carbons (Fsp3) is 0.435. The quantitative estimate of drug-likeness (QED) is 0.598. The second kappa shape index (κ2) is 8.49. The lowest BCUT2D eigenvalue weighted by Crippen LogP contribution is -2.40. The number of benzene rings is 1. The molecule has 1 saturated heterocycles. The molecule has 0 aliphatic carbocycles. The van der Waals surface area contributed by atoms with Crippen LogP contribution in [0.4, 0.5) is 0 Å². The van der Waals surface area contributed by atoms with Gasteiger partial charge in [0.2, 0.25) is 0 Å². The Morgan fingerprint density at radius 3 is 2.53 bits per heavy atom. The van der Waals surface area contributed by atoms with E-state index in [0.717, 1.165) is 48.2 Å². The highest BCUT2D eigenvalue weighted by Crippen LogP contribution is 2.23.